The number of amides is 1. The zero-order valence-corrected chi connectivity index (χ0v) is 15.0. The highest BCUT2D eigenvalue weighted by Gasteiger charge is 2.37. The Balaban J connectivity index is 2.00. The molecular formula is C19H27NO5. The van der Waals surface area contributed by atoms with E-state index in [1.165, 1.54) is 19.8 Å². The Bertz CT molecular complexity index is 542. The van der Waals surface area contributed by atoms with Crippen LogP contribution in [0.2, 0.25) is 0 Å². The molecule has 1 amide bonds. The van der Waals surface area contributed by atoms with Crippen LogP contribution in [0.1, 0.15) is 18.4 Å². The molecule has 1 aromatic carbocycles. The molecule has 138 valence electrons. The number of ether oxygens (including phenoxy) is 3. The maximum atomic E-state index is 12.8. The second-order valence-electron chi connectivity index (χ2n) is 6.10. The molecule has 2 atom stereocenters. The first kappa shape index (κ1) is 19.4. The van der Waals surface area contributed by atoms with Crippen molar-refractivity contribution in [2.75, 3.05) is 40.5 Å². The second-order valence-corrected chi connectivity index (χ2v) is 6.10. The van der Waals surface area contributed by atoms with Crippen molar-refractivity contribution in [3.8, 4) is 0 Å². The van der Waals surface area contributed by atoms with Gasteiger partial charge in [0.15, 0.2) is 0 Å². The number of aryl methyl sites for hydroxylation is 1. The third kappa shape index (κ3) is 5.54. The smallest absolute Gasteiger partial charge is 0.311 e. The maximum Gasteiger partial charge on any atom is 0.311 e. The van der Waals surface area contributed by atoms with E-state index < -0.39 is 18.0 Å². The first-order chi connectivity index (χ1) is 12.2. The summed E-state index contributed by atoms with van der Waals surface area (Å²) in [7, 11) is 2.81. The van der Waals surface area contributed by atoms with Crippen LogP contribution in [-0.4, -0.2) is 63.4 Å². The lowest BCUT2D eigenvalue weighted by molar-refractivity contribution is -0.162. The molecule has 6 heteroatoms. The molecule has 0 spiro atoms. The van der Waals surface area contributed by atoms with Gasteiger partial charge in [-0.3, -0.25) is 9.59 Å². The van der Waals surface area contributed by atoms with Crippen molar-refractivity contribution < 1.29 is 23.8 Å². The zero-order valence-electron chi connectivity index (χ0n) is 15.0. The Labute approximate surface area is 149 Å². The molecule has 2 unspecified atom stereocenters. The van der Waals surface area contributed by atoms with Crippen LogP contribution < -0.4 is 0 Å². The SMILES string of the molecule is COC(=O)C(CCCc1ccccc1)C(OC)C(=O)N1CCOCC1. The third-order valence-electron chi connectivity index (χ3n) is 4.51. The maximum absolute atomic E-state index is 12.8. The molecule has 2 rings (SSSR count). The van der Waals surface area contributed by atoms with E-state index in [1.54, 1.807) is 4.90 Å². The first-order valence-corrected chi connectivity index (χ1v) is 8.68. The van der Waals surface area contributed by atoms with Crippen molar-refractivity contribution in [2.45, 2.75) is 25.4 Å². The summed E-state index contributed by atoms with van der Waals surface area (Å²) in [6.45, 7) is 2.07. The minimum absolute atomic E-state index is 0.166. The summed E-state index contributed by atoms with van der Waals surface area (Å²) < 4.78 is 15.6. The largest absolute Gasteiger partial charge is 0.469 e. The molecule has 0 radical (unpaired) electrons. The lowest BCUT2D eigenvalue weighted by Crippen LogP contribution is -2.50. The average Bonchev–Trinajstić information content (AvgIpc) is 2.68. The van der Waals surface area contributed by atoms with E-state index in [-0.39, 0.29) is 5.91 Å². The number of hydrogen-bond acceptors (Lipinski definition) is 5. The first-order valence-electron chi connectivity index (χ1n) is 8.68. The highest BCUT2D eigenvalue weighted by Crippen LogP contribution is 2.20. The molecule has 0 aromatic heterocycles. The van der Waals surface area contributed by atoms with E-state index in [0.29, 0.717) is 32.7 Å². The monoisotopic (exact) mass is 349 g/mol. The summed E-state index contributed by atoms with van der Waals surface area (Å²) in [5, 5.41) is 0. The van der Waals surface area contributed by atoms with Crippen LogP contribution in [0.25, 0.3) is 0 Å². The molecule has 0 bridgehead atoms. The lowest BCUT2D eigenvalue weighted by Gasteiger charge is -2.32. The van der Waals surface area contributed by atoms with Gasteiger partial charge in [-0.1, -0.05) is 30.3 Å². The van der Waals surface area contributed by atoms with Gasteiger partial charge in [0, 0.05) is 20.2 Å². The quantitative estimate of drug-likeness (QED) is 0.668. The Morgan fingerprint density at radius 1 is 1.16 bits per heavy atom. The van der Waals surface area contributed by atoms with Crippen LogP contribution in [0, 0.1) is 5.92 Å². The van der Waals surface area contributed by atoms with Gasteiger partial charge in [0.2, 0.25) is 0 Å². The number of nitrogens with zero attached hydrogens (tertiary/aromatic N) is 1. The Kier molecular flexibility index (Phi) is 7.88. The van der Waals surface area contributed by atoms with Crippen molar-refractivity contribution >= 4 is 11.9 Å². The molecule has 1 fully saturated rings. The molecule has 0 aliphatic carbocycles. The third-order valence-corrected chi connectivity index (χ3v) is 4.51. The van der Waals surface area contributed by atoms with Crippen molar-refractivity contribution in [1.29, 1.82) is 0 Å². The van der Waals surface area contributed by atoms with Crippen molar-refractivity contribution in [1.82, 2.24) is 4.90 Å². The topological polar surface area (TPSA) is 65.1 Å². The predicted molar refractivity (Wildman–Crippen MR) is 93.1 cm³/mol. The van der Waals surface area contributed by atoms with Gasteiger partial charge < -0.3 is 19.1 Å². The lowest BCUT2D eigenvalue weighted by atomic mass is 9.93. The molecule has 1 saturated heterocycles. The molecule has 1 aromatic rings. The molecule has 1 heterocycles. The van der Waals surface area contributed by atoms with Crippen LogP contribution in [0.5, 0.6) is 0 Å². The van der Waals surface area contributed by atoms with Gasteiger partial charge in [0.25, 0.3) is 5.91 Å². The summed E-state index contributed by atoms with van der Waals surface area (Å²) in [4.78, 5) is 26.7. The molecule has 0 N–H and O–H groups in total. The number of esters is 1. The van der Waals surface area contributed by atoms with Gasteiger partial charge in [-0.2, -0.15) is 0 Å². The number of morpholine rings is 1. The van der Waals surface area contributed by atoms with Gasteiger partial charge in [0.1, 0.15) is 6.10 Å². The van der Waals surface area contributed by atoms with Crippen LogP contribution in [0.3, 0.4) is 0 Å². The van der Waals surface area contributed by atoms with Crippen LogP contribution in [-0.2, 0) is 30.2 Å². The number of carbonyl (C=O) groups excluding carboxylic acids is 2. The number of hydrogen-bond donors (Lipinski definition) is 0. The standard InChI is InChI=1S/C19H27NO5/c1-23-17(18(21)20-11-13-25-14-12-20)16(19(22)24-2)10-6-9-15-7-4-3-5-8-15/h3-5,7-8,16-17H,6,9-14H2,1-2H3. The van der Waals surface area contributed by atoms with E-state index in [1.807, 2.05) is 18.2 Å². The van der Waals surface area contributed by atoms with Gasteiger partial charge in [-0.15, -0.1) is 0 Å². The average molecular weight is 349 g/mol. The molecule has 0 saturated carbocycles. The van der Waals surface area contributed by atoms with E-state index >= 15 is 0 Å². The number of benzene rings is 1. The number of methoxy groups -OCH3 is 2. The highest BCUT2D eigenvalue weighted by atomic mass is 16.5. The summed E-state index contributed by atoms with van der Waals surface area (Å²) >= 11 is 0. The second kappa shape index (κ2) is 10.2. The van der Waals surface area contributed by atoms with Gasteiger partial charge >= 0.3 is 5.97 Å². The van der Waals surface area contributed by atoms with E-state index in [9.17, 15) is 9.59 Å². The molecule has 25 heavy (non-hydrogen) atoms. The normalized spacial score (nSPS) is 17.0. The molecule has 1 aliphatic heterocycles. The van der Waals surface area contributed by atoms with Gasteiger partial charge in [0.05, 0.1) is 26.2 Å². The van der Waals surface area contributed by atoms with Crippen molar-refractivity contribution in [3.63, 3.8) is 0 Å². The summed E-state index contributed by atoms with van der Waals surface area (Å²) in [6.07, 6.45) is 1.34. The minimum Gasteiger partial charge on any atom is -0.469 e. The van der Waals surface area contributed by atoms with Gasteiger partial charge in [-0.05, 0) is 24.8 Å². The Morgan fingerprint density at radius 2 is 1.84 bits per heavy atom. The summed E-state index contributed by atoms with van der Waals surface area (Å²) in [5.74, 6) is -1.17. The molecular weight excluding hydrogens is 322 g/mol. The fourth-order valence-electron chi connectivity index (χ4n) is 3.12. The Morgan fingerprint density at radius 3 is 2.44 bits per heavy atom. The van der Waals surface area contributed by atoms with E-state index in [2.05, 4.69) is 12.1 Å². The van der Waals surface area contributed by atoms with Crippen molar-refractivity contribution in [3.05, 3.63) is 35.9 Å². The van der Waals surface area contributed by atoms with E-state index in [4.69, 9.17) is 14.2 Å². The fraction of sp³-hybridized carbons (Fsp3) is 0.579. The van der Waals surface area contributed by atoms with Crippen LogP contribution >= 0.6 is 0 Å². The van der Waals surface area contributed by atoms with Gasteiger partial charge in [-0.25, -0.2) is 0 Å². The van der Waals surface area contributed by atoms with Crippen LogP contribution in [0.4, 0.5) is 0 Å². The van der Waals surface area contributed by atoms with Crippen molar-refractivity contribution in [2.24, 2.45) is 5.92 Å². The summed E-state index contributed by atoms with van der Waals surface area (Å²) in [6, 6.07) is 10.1. The minimum atomic E-state index is -0.818. The Hall–Kier alpha value is -1.92. The number of rotatable bonds is 8. The van der Waals surface area contributed by atoms with Crippen LogP contribution in [0.15, 0.2) is 30.3 Å². The predicted octanol–water partition coefficient (Wildman–Crippen LogP) is 1.67. The molecule has 1 aliphatic rings. The zero-order chi connectivity index (χ0) is 18.1. The fourth-order valence-corrected chi connectivity index (χ4v) is 3.12. The summed E-state index contributed by atoms with van der Waals surface area (Å²) in [5.41, 5.74) is 1.21. The van der Waals surface area contributed by atoms with E-state index in [0.717, 1.165) is 12.8 Å². The molecule has 6 nitrogen and oxygen atoms in total. The number of carbonyl (C=O) groups is 2. The highest BCUT2D eigenvalue weighted by molar-refractivity contribution is 5.87.